The predicted octanol–water partition coefficient (Wildman–Crippen LogP) is 3.66. The zero-order chi connectivity index (χ0) is 13.7. The topological polar surface area (TPSA) is 51.8 Å². The van der Waals surface area contributed by atoms with Crippen molar-refractivity contribution in [2.45, 2.75) is 25.7 Å². The number of nitrogen functional groups attached to an aromatic ring is 1. The molecule has 20 heavy (non-hydrogen) atoms. The number of aromatic nitrogens is 2. The van der Waals surface area contributed by atoms with Crippen LogP contribution in [0.15, 0.2) is 30.3 Å². The van der Waals surface area contributed by atoms with Crippen LogP contribution in [0.3, 0.4) is 0 Å². The quantitative estimate of drug-likeness (QED) is 0.740. The van der Waals surface area contributed by atoms with Gasteiger partial charge in [0, 0.05) is 10.8 Å². The van der Waals surface area contributed by atoms with Crippen LogP contribution in [0.25, 0.3) is 10.2 Å². The largest absolute Gasteiger partial charge is 0.383 e. The first kappa shape index (κ1) is 11.9. The third-order valence-electron chi connectivity index (χ3n) is 4.01. The van der Waals surface area contributed by atoms with Gasteiger partial charge in [0.2, 0.25) is 0 Å². The molecule has 3 nitrogen and oxygen atoms in total. The number of nitrogens with zero attached hydrogens (tertiary/aromatic N) is 2. The average molecular weight is 281 g/mol. The summed E-state index contributed by atoms with van der Waals surface area (Å²) in [6, 6.07) is 10.7. The Hall–Kier alpha value is -1.94. The van der Waals surface area contributed by atoms with E-state index in [4.69, 9.17) is 10.7 Å². The number of benzene rings is 1. The van der Waals surface area contributed by atoms with Crippen molar-refractivity contribution in [1.29, 1.82) is 0 Å². The first-order valence-electron chi connectivity index (χ1n) is 6.84. The van der Waals surface area contributed by atoms with E-state index in [1.54, 1.807) is 11.3 Å². The lowest BCUT2D eigenvalue weighted by Crippen LogP contribution is -2.05. The Balaban J connectivity index is 1.87. The van der Waals surface area contributed by atoms with E-state index in [0.29, 0.717) is 11.7 Å². The summed E-state index contributed by atoms with van der Waals surface area (Å²) in [5.74, 6) is 1.78. The van der Waals surface area contributed by atoms with Crippen LogP contribution in [0.4, 0.5) is 5.82 Å². The molecule has 0 radical (unpaired) electrons. The van der Waals surface area contributed by atoms with Crippen LogP contribution < -0.4 is 5.73 Å². The molecule has 100 valence electrons. The Morgan fingerprint density at radius 2 is 2.10 bits per heavy atom. The lowest BCUT2D eigenvalue weighted by molar-refractivity contribution is 0.737. The molecule has 0 saturated carbocycles. The van der Waals surface area contributed by atoms with E-state index in [0.717, 1.165) is 28.9 Å². The Kier molecular flexibility index (Phi) is 2.54. The molecule has 0 spiro atoms. The summed E-state index contributed by atoms with van der Waals surface area (Å²) < 4.78 is 0. The van der Waals surface area contributed by atoms with Crippen LogP contribution in [-0.2, 0) is 6.42 Å². The van der Waals surface area contributed by atoms with Crippen molar-refractivity contribution in [1.82, 2.24) is 9.97 Å². The Morgan fingerprint density at radius 1 is 1.25 bits per heavy atom. The summed E-state index contributed by atoms with van der Waals surface area (Å²) in [4.78, 5) is 11.6. The smallest absolute Gasteiger partial charge is 0.139 e. The molecule has 4 rings (SSSR count). The van der Waals surface area contributed by atoms with Crippen molar-refractivity contribution in [3.8, 4) is 0 Å². The number of aryl methyl sites for hydroxylation is 2. The maximum absolute atomic E-state index is 6.11. The van der Waals surface area contributed by atoms with Crippen molar-refractivity contribution in [2.75, 3.05) is 5.73 Å². The molecule has 1 atom stereocenters. The van der Waals surface area contributed by atoms with Crippen LogP contribution >= 0.6 is 11.3 Å². The second kappa shape index (κ2) is 4.28. The van der Waals surface area contributed by atoms with Gasteiger partial charge in [-0.3, -0.25) is 0 Å². The monoisotopic (exact) mass is 281 g/mol. The van der Waals surface area contributed by atoms with E-state index in [9.17, 15) is 0 Å². The molecule has 2 heterocycles. The van der Waals surface area contributed by atoms with Crippen LogP contribution in [0.5, 0.6) is 0 Å². The van der Waals surface area contributed by atoms with Gasteiger partial charge in [0.15, 0.2) is 0 Å². The fourth-order valence-corrected chi connectivity index (χ4v) is 3.96. The molecule has 1 aromatic carbocycles. The SMILES string of the molecule is Cc1cc2c(N)nc(C3CCc4ccccc43)nc2s1. The highest BCUT2D eigenvalue weighted by Gasteiger charge is 2.26. The predicted molar refractivity (Wildman–Crippen MR) is 83.2 cm³/mol. The van der Waals surface area contributed by atoms with Crippen molar-refractivity contribution in [2.24, 2.45) is 0 Å². The fraction of sp³-hybridized carbons (Fsp3) is 0.250. The first-order chi connectivity index (χ1) is 9.72. The summed E-state index contributed by atoms with van der Waals surface area (Å²) in [6.07, 6.45) is 2.18. The van der Waals surface area contributed by atoms with Gasteiger partial charge >= 0.3 is 0 Å². The first-order valence-corrected chi connectivity index (χ1v) is 7.65. The van der Waals surface area contributed by atoms with Gasteiger partial charge < -0.3 is 5.73 Å². The van der Waals surface area contributed by atoms with Crippen molar-refractivity contribution in [3.63, 3.8) is 0 Å². The van der Waals surface area contributed by atoms with Crippen molar-refractivity contribution >= 4 is 27.4 Å². The van der Waals surface area contributed by atoms with Crippen LogP contribution in [0, 0.1) is 6.92 Å². The van der Waals surface area contributed by atoms with Crippen molar-refractivity contribution in [3.05, 3.63) is 52.2 Å². The minimum atomic E-state index is 0.292. The number of fused-ring (bicyclic) bond motifs is 2. The van der Waals surface area contributed by atoms with Crippen molar-refractivity contribution < 1.29 is 0 Å². The molecule has 0 amide bonds. The van der Waals surface area contributed by atoms with Gasteiger partial charge in [-0.1, -0.05) is 24.3 Å². The Bertz CT molecular complexity index is 807. The summed E-state index contributed by atoms with van der Waals surface area (Å²) in [5.41, 5.74) is 8.89. The van der Waals surface area contributed by atoms with Gasteiger partial charge in [-0.2, -0.15) is 0 Å². The number of thiophene rings is 1. The molecule has 0 fully saturated rings. The Labute approximate surface area is 121 Å². The van der Waals surface area contributed by atoms with Crippen LogP contribution in [0.2, 0.25) is 0 Å². The summed E-state index contributed by atoms with van der Waals surface area (Å²) in [6.45, 7) is 2.08. The highest BCUT2D eigenvalue weighted by molar-refractivity contribution is 7.18. The molecule has 0 saturated heterocycles. The summed E-state index contributed by atoms with van der Waals surface area (Å²) >= 11 is 1.69. The Morgan fingerprint density at radius 3 is 3.00 bits per heavy atom. The van der Waals surface area contributed by atoms with Crippen LogP contribution in [-0.4, -0.2) is 9.97 Å². The fourth-order valence-electron chi connectivity index (χ4n) is 3.06. The van der Waals surface area contributed by atoms with E-state index in [-0.39, 0.29) is 0 Å². The zero-order valence-corrected chi connectivity index (χ0v) is 12.1. The van der Waals surface area contributed by atoms with Gasteiger partial charge in [0.1, 0.15) is 16.5 Å². The molecule has 2 aromatic heterocycles. The molecule has 1 unspecified atom stereocenters. The van der Waals surface area contributed by atoms with Gasteiger partial charge in [0.25, 0.3) is 0 Å². The second-order valence-corrected chi connectivity index (χ2v) is 6.57. The molecule has 4 heteroatoms. The van der Waals surface area contributed by atoms with E-state index in [1.165, 1.54) is 16.0 Å². The van der Waals surface area contributed by atoms with Crippen LogP contribution in [0.1, 0.15) is 34.2 Å². The van der Waals surface area contributed by atoms with Gasteiger partial charge in [-0.05, 0) is 37.0 Å². The number of nitrogens with two attached hydrogens (primary N) is 1. The van der Waals surface area contributed by atoms with E-state index in [2.05, 4.69) is 42.2 Å². The van der Waals surface area contributed by atoms with Gasteiger partial charge in [-0.25, -0.2) is 9.97 Å². The number of rotatable bonds is 1. The third-order valence-corrected chi connectivity index (χ3v) is 4.95. The molecule has 0 aliphatic heterocycles. The number of hydrogen-bond acceptors (Lipinski definition) is 4. The lowest BCUT2D eigenvalue weighted by Gasteiger charge is -2.10. The molecule has 0 bridgehead atoms. The zero-order valence-electron chi connectivity index (χ0n) is 11.3. The standard InChI is InChI=1S/C16H15N3S/c1-9-8-13-14(17)18-15(19-16(13)20-9)12-7-6-10-4-2-3-5-11(10)12/h2-5,8,12H,6-7H2,1H3,(H2,17,18,19). The van der Waals surface area contributed by atoms with Gasteiger partial charge in [0.05, 0.1) is 5.39 Å². The maximum atomic E-state index is 6.11. The molecule has 1 aliphatic carbocycles. The third kappa shape index (κ3) is 1.72. The molecule has 3 aromatic rings. The molecule has 1 aliphatic rings. The highest BCUT2D eigenvalue weighted by atomic mass is 32.1. The van der Waals surface area contributed by atoms with E-state index < -0.39 is 0 Å². The molecular weight excluding hydrogens is 266 g/mol. The van der Waals surface area contributed by atoms with E-state index in [1.807, 2.05) is 0 Å². The van der Waals surface area contributed by atoms with E-state index >= 15 is 0 Å². The highest BCUT2D eigenvalue weighted by Crippen LogP contribution is 2.38. The minimum Gasteiger partial charge on any atom is -0.383 e. The summed E-state index contributed by atoms with van der Waals surface area (Å²) in [7, 11) is 0. The maximum Gasteiger partial charge on any atom is 0.139 e. The normalized spacial score (nSPS) is 17.6. The number of hydrogen-bond donors (Lipinski definition) is 1. The summed E-state index contributed by atoms with van der Waals surface area (Å²) in [5, 5.41) is 0.988. The second-order valence-electron chi connectivity index (χ2n) is 5.33. The molecular formula is C16H15N3S. The average Bonchev–Trinajstić information content (AvgIpc) is 3.01. The van der Waals surface area contributed by atoms with Gasteiger partial charge in [-0.15, -0.1) is 11.3 Å². The lowest BCUT2D eigenvalue weighted by atomic mass is 10.0. The minimum absolute atomic E-state index is 0.292. The molecule has 2 N–H and O–H groups in total. The number of anilines is 1.